The molecule has 0 aromatic heterocycles. The minimum atomic E-state index is 0.183. The van der Waals surface area contributed by atoms with Gasteiger partial charge in [0.1, 0.15) is 11.5 Å². The van der Waals surface area contributed by atoms with Crippen LogP contribution in [0.5, 0.6) is 5.75 Å². The zero-order chi connectivity index (χ0) is 36.3. The quantitative estimate of drug-likeness (QED) is 0.252. The van der Waals surface area contributed by atoms with E-state index in [0.717, 1.165) is 49.7 Å². The van der Waals surface area contributed by atoms with Crippen molar-refractivity contribution in [1.29, 1.82) is 0 Å². The van der Waals surface area contributed by atoms with Crippen molar-refractivity contribution in [2.45, 2.75) is 140 Å². The fourth-order valence-corrected chi connectivity index (χ4v) is 6.30. The molecule has 0 radical (unpaired) electrons. The molecule has 1 unspecified atom stereocenters. The van der Waals surface area contributed by atoms with Gasteiger partial charge in [0.15, 0.2) is 5.78 Å². The van der Waals surface area contributed by atoms with Crippen molar-refractivity contribution in [3.8, 4) is 5.75 Å². The Labute approximate surface area is 296 Å². The van der Waals surface area contributed by atoms with Crippen LogP contribution >= 0.6 is 0 Å². The first-order valence-electron chi connectivity index (χ1n) is 19.3. The molecule has 2 aromatic rings. The number of benzene rings is 2. The van der Waals surface area contributed by atoms with Crippen LogP contribution in [0.1, 0.15) is 137 Å². The molecule has 1 heterocycles. The van der Waals surface area contributed by atoms with Gasteiger partial charge in [0.05, 0.1) is 7.11 Å². The second-order valence-corrected chi connectivity index (χ2v) is 11.7. The molecule has 1 atom stereocenters. The summed E-state index contributed by atoms with van der Waals surface area (Å²) in [6, 6.07) is 14.5. The number of methoxy groups -OCH3 is 1. The summed E-state index contributed by atoms with van der Waals surface area (Å²) in [5, 5.41) is 0. The van der Waals surface area contributed by atoms with Gasteiger partial charge in [-0.1, -0.05) is 172 Å². The van der Waals surface area contributed by atoms with Crippen LogP contribution in [0.25, 0.3) is 5.57 Å². The summed E-state index contributed by atoms with van der Waals surface area (Å²) in [4.78, 5) is 23.8. The number of hydrogen-bond donors (Lipinski definition) is 0. The van der Waals surface area contributed by atoms with E-state index in [9.17, 15) is 9.59 Å². The number of rotatable bonds is 9. The maximum absolute atomic E-state index is 12.1. The van der Waals surface area contributed by atoms with Gasteiger partial charge in [-0.3, -0.25) is 9.59 Å². The van der Waals surface area contributed by atoms with E-state index in [-0.39, 0.29) is 11.7 Å². The van der Waals surface area contributed by atoms with Crippen molar-refractivity contribution in [2.75, 3.05) is 7.11 Å². The fraction of sp³-hybridized carbons (Fsp3) is 0.545. The topological polar surface area (TPSA) is 43.4 Å². The van der Waals surface area contributed by atoms with Gasteiger partial charge in [-0.05, 0) is 62.3 Å². The van der Waals surface area contributed by atoms with E-state index in [1.165, 1.54) is 54.3 Å². The van der Waals surface area contributed by atoms with Crippen molar-refractivity contribution in [3.05, 3.63) is 89.4 Å². The Bertz CT molecular complexity index is 1230. The fourth-order valence-electron chi connectivity index (χ4n) is 6.30. The number of hydrogen-bond acceptors (Lipinski definition) is 3. The molecule has 1 fully saturated rings. The van der Waals surface area contributed by atoms with Crippen molar-refractivity contribution in [3.63, 3.8) is 0 Å². The first-order chi connectivity index (χ1) is 23.4. The van der Waals surface area contributed by atoms with Gasteiger partial charge in [0.25, 0.3) is 0 Å². The SMILES string of the molecule is CC.CC.CC.CCCCB1C=C(C(C)=O)c2cccc(CC)c21.CCc1cccc(OC)c1.O=C(C1C=CC=CC1)C1CCCCC1. The van der Waals surface area contributed by atoms with Gasteiger partial charge in [-0.25, -0.2) is 0 Å². The number of carbonyl (C=O) groups is 2. The van der Waals surface area contributed by atoms with E-state index in [0.29, 0.717) is 18.4 Å². The lowest BCUT2D eigenvalue weighted by Gasteiger charge is -2.23. The maximum atomic E-state index is 12.1. The van der Waals surface area contributed by atoms with Gasteiger partial charge in [-0.15, -0.1) is 0 Å². The third-order valence-electron chi connectivity index (χ3n) is 8.75. The van der Waals surface area contributed by atoms with Crippen LogP contribution in [0.2, 0.25) is 6.32 Å². The Morgan fingerprint density at radius 1 is 0.854 bits per heavy atom. The number of unbranched alkanes of at least 4 members (excludes halogenated alkanes) is 1. The van der Waals surface area contributed by atoms with Gasteiger partial charge in [-0.2, -0.15) is 0 Å². The number of Topliss-reactive ketones (excluding diaryl/α,β-unsaturated/α-hetero) is 2. The van der Waals surface area contributed by atoms with E-state index in [4.69, 9.17) is 4.74 Å². The van der Waals surface area contributed by atoms with Gasteiger partial charge >= 0.3 is 0 Å². The zero-order valence-electron chi connectivity index (χ0n) is 32.7. The number of carbonyl (C=O) groups excluding carboxylic acids is 2. The van der Waals surface area contributed by atoms with Gasteiger partial charge in [0, 0.05) is 17.4 Å². The monoisotopic (exact) mass is 657 g/mol. The molecule has 0 spiro atoms. The summed E-state index contributed by atoms with van der Waals surface area (Å²) in [7, 11) is 1.69. The van der Waals surface area contributed by atoms with Crippen molar-refractivity contribution in [2.24, 2.45) is 11.8 Å². The summed E-state index contributed by atoms with van der Waals surface area (Å²) < 4.78 is 5.06. The largest absolute Gasteiger partial charge is 0.497 e. The molecule has 3 aliphatic rings. The van der Waals surface area contributed by atoms with Crippen molar-refractivity contribution >= 4 is 29.3 Å². The molecule has 0 saturated heterocycles. The van der Waals surface area contributed by atoms with Gasteiger partial charge in [0.2, 0.25) is 6.71 Å². The molecule has 4 heteroatoms. The highest BCUT2D eigenvalue weighted by atomic mass is 16.5. The van der Waals surface area contributed by atoms with Crippen LogP contribution in [0, 0.1) is 11.8 Å². The lowest BCUT2D eigenvalue weighted by molar-refractivity contribution is -0.126. The Hall–Kier alpha value is -3.14. The molecular formula is C44H69BO3. The van der Waals surface area contributed by atoms with E-state index in [1.54, 1.807) is 14.0 Å². The second kappa shape index (κ2) is 27.8. The van der Waals surface area contributed by atoms with Crippen LogP contribution in [0.15, 0.2) is 72.7 Å². The second-order valence-electron chi connectivity index (χ2n) is 11.7. The standard InChI is InChI=1S/C16H21BO.C13H18O.C9H12O.3C2H6/c1-4-6-10-17-11-15(12(3)18)14-9-7-8-13(5-2)16(14)17;14-13(11-7-3-1-4-8-11)12-9-5-2-6-10-12;1-3-8-5-4-6-9(7-8)10-2;3*1-2/h7-9,11H,4-6,10H2,1-3H3;1,3-4,7,11-12H,2,5-6,8-10H2;4-7H,3H2,1-2H3;3*1-2H3. The lowest BCUT2D eigenvalue weighted by Crippen LogP contribution is -2.30. The normalized spacial score (nSPS) is 15.5. The predicted molar refractivity (Wildman–Crippen MR) is 214 cm³/mol. The first-order valence-corrected chi connectivity index (χ1v) is 19.3. The molecular weight excluding hydrogens is 587 g/mol. The maximum Gasteiger partial charge on any atom is 0.202 e. The van der Waals surface area contributed by atoms with Crippen LogP contribution in [-0.2, 0) is 22.4 Å². The third-order valence-corrected chi connectivity index (χ3v) is 8.75. The molecule has 266 valence electrons. The van der Waals surface area contributed by atoms with E-state index >= 15 is 0 Å². The Morgan fingerprint density at radius 2 is 1.52 bits per heavy atom. The molecule has 5 rings (SSSR count). The van der Waals surface area contributed by atoms with E-state index in [1.807, 2.05) is 65.8 Å². The molecule has 3 nitrogen and oxygen atoms in total. The molecule has 2 aliphatic carbocycles. The summed E-state index contributed by atoms with van der Waals surface area (Å²) in [5.74, 6) is 4.38. The third kappa shape index (κ3) is 15.0. The number of allylic oxidation sites excluding steroid dienone is 5. The highest BCUT2D eigenvalue weighted by Gasteiger charge is 2.29. The highest BCUT2D eigenvalue weighted by Crippen LogP contribution is 2.29. The average Bonchev–Trinajstić information content (AvgIpc) is 3.56. The minimum Gasteiger partial charge on any atom is -0.497 e. The molecule has 2 aromatic carbocycles. The predicted octanol–water partition coefficient (Wildman–Crippen LogP) is 11.9. The Kier molecular flexibility index (Phi) is 26.0. The number of fused-ring (bicyclic) bond motifs is 1. The van der Waals surface area contributed by atoms with Crippen LogP contribution in [0.4, 0.5) is 0 Å². The van der Waals surface area contributed by atoms with Crippen LogP contribution < -0.4 is 10.2 Å². The van der Waals surface area contributed by atoms with E-state index < -0.39 is 0 Å². The molecule has 48 heavy (non-hydrogen) atoms. The molecule has 0 bridgehead atoms. The summed E-state index contributed by atoms with van der Waals surface area (Å²) in [6.07, 6.45) is 20.9. The highest BCUT2D eigenvalue weighted by molar-refractivity contribution is 6.83. The van der Waals surface area contributed by atoms with E-state index in [2.05, 4.69) is 69.2 Å². The first kappa shape index (κ1) is 44.9. The van der Waals surface area contributed by atoms with Crippen LogP contribution in [0.3, 0.4) is 0 Å². The van der Waals surface area contributed by atoms with Crippen molar-refractivity contribution < 1.29 is 14.3 Å². The minimum absolute atomic E-state index is 0.183. The molecule has 0 amide bonds. The molecule has 1 aliphatic heterocycles. The average molecular weight is 657 g/mol. The number of ether oxygens (including phenoxy) is 1. The summed E-state index contributed by atoms with van der Waals surface area (Å²) in [6.45, 7) is 20.7. The smallest absolute Gasteiger partial charge is 0.202 e. The lowest BCUT2D eigenvalue weighted by atomic mass is 9.43. The molecule has 0 N–H and O–H groups in total. The van der Waals surface area contributed by atoms with Crippen LogP contribution in [-0.4, -0.2) is 25.4 Å². The Balaban J connectivity index is 0.000000659. The number of aryl methyl sites for hydroxylation is 2. The summed E-state index contributed by atoms with van der Waals surface area (Å²) >= 11 is 0. The number of ketones is 2. The zero-order valence-corrected chi connectivity index (χ0v) is 32.7. The Morgan fingerprint density at radius 3 is 2.06 bits per heavy atom. The molecule has 1 saturated carbocycles. The van der Waals surface area contributed by atoms with Gasteiger partial charge < -0.3 is 4.74 Å². The van der Waals surface area contributed by atoms with Crippen molar-refractivity contribution in [1.82, 2.24) is 0 Å². The summed E-state index contributed by atoms with van der Waals surface area (Å²) in [5.41, 5.74) is 6.25.